The SMILES string of the molecule is CC1CCCCN1CCc1nc(CNC2CC2)cs1. The van der Waals surface area contributed by atoms with Crippen LogP contribution in [0.25, 0.3) is 0 Å². The summed E-state index contributed by atoms with van der Waals surface area (Å²) in [6.45, 7) is 5.79. The monoisotopic (exact) mass is 279 g/mol. The van der Waals surface area contributed by atoms with Gasteiger partial charge in [0.1, 0.15) is 0 Å². The summed E-state index contributed by atoms with van der Waals surface area (Å²) in [6.07, 6.45) is 7.98. The molecule has 3 rings (SSSR count). The van der Waals surface area contributed by atoms with Crippen LogP contribution in [0.15, 0.2) is 5.38 Å². The van der Waals surface area contributed by atoms with Gasteiger partial charge in [-0.25, -0.2) is 4.98 Å². The molecule has 0 radical (unpaired) electrons. The molecule has 106 valence electrons. The molecule has 1 aromatic heterocycles. The number of aromatic nitrogens is 1. The molecule has 19 heavy (non-hydrogen) atoms. The first-order valence-electron chi connectivity index (χ1n) is 7.72. The maximum absolute atomic E-state index is 4.75. The van der Waals surface area contributed by atoms with Gasteiger partial charge in [-0.1, -0.05) is 6.42 Å². The van der Waals surface area contributed by atoms with E-state index in [1.54, 1.807) is 0 Å². The first-order chi connectivity index (χ1) is 9.31. The van der Waals surface area contributed by atoms with Crippen LogP contribution in [0.5, 0.6) is 0 Å². The van der Waals surface area contributed by atoms with Crippen molar-refractivity contribution < 1.29 is 0 Å². The zero-order valence-corrected chi connectivity index (χ0v) is 12.7. The summed E-state index contributed by atoms with van der Waals surface area (Å²) >= 11 is 1.83. The van der Waals surface area contributed by atoms with Crippen LogP contribution in [-0.4, -0.2) is 35.1 Å². The van der Waals surface area contributed by atoms with E-state index in [9.17, 15) is 0 Å². The van der Waals surface area contributed by atoms with E-state index in [0.29, 0.717) is 0 Å². The van der Waals surface area contributed by atoms with Gasteiger partial charge in [0.2, 0.25) is 0 Å². The Bertz CT molecular complexity index is 400. The highest BCUT2D eigenvalue weighted by atomic mass is 32.1. The van der Waals surface area contributed by atoms with Crippen LogP contribution < -0.4 is 5.32 Å². The van der Waals surface area contributed by atoms with E-state index in [2.05, 4.69) is 22.5 Å². The quantitative estimate of drug-likeness (QED) is 0.868. The summed E-state index contributed by atoms with van der Waals surface area (Å²) in [6, 6.07) is 1.55. The van der Waals surface area contributed by atoms with Crippen molar-refractivity contribution in [1.29, 1.82) is 0 Å². The summed E-state index contributed by atoms with van der Waals surface area (Å²) in [5, 5.41) is 7.07. The van der Waals surface area contributed by atoms with Gasteiger partial charge in [0.15, 0.2) is 0 Å². The fraction of sp³-hybridized carbons (Fsp3) is 0.800. The molecule has 0 amide bonds. The maximum atomic E-state index is 4.75. The maximum Gasteiger partial charge on any atom is 0.0941 e. The predicted octanol–water partition coefficient (Wildman–Crippen LogP) is 2.81. The second kappa shape index (κ2) is 6.33. The van der Waals surface area contributed by atoms with Crippen molar-refractivity contribution in [3.8, 4) is 0 Å². The highest BCUT2D eigenvalue weighted by molar-refractivity contribution is 7.09. The van der Waals surface area contributed by atoms with E-state index < -0.39 is 0 Å². The molecule has 3 nitrogen and oxygen atoms in total. The number of hydrogen-bond donors (Lipinski definition) is 1. The number of thiazole rings is 1. The first kappa shape index (κ1) is 13.5. The third-order valence-corrected chi connectivity index (χ3v) is 5.26. The summed E-state index contributed by atoms with van der Waals surface area (Å²) in [4.78, 5) is 7.38. The van der Waals surface area contributed by atoms with Crippen molar-refractivity contribution in [2.24, 2.45) is 0 Å². The third kappa shape index (κ3) is 4.01. The minimum Gasteiger partial charge on any atom is -0.308 e. The first-order valence-corrected chi connectivity index (χ1v) is 8.60. The lowest BCUT2D eigenvalue weighted by Gasteiger charge is -2.32. The average molecular weight is 279 g/mol. The van der Waals surface area contributed by atoms with Crippen molar-refractivity contribution in [3.63, 3.8) is 0 Å². The number of hydrogen-bond acceptors (Lipinski definition) is 4. The van der Waals surface area contributed by atoms with Crippen LogP contribution >= 0.6 is 11.3 Å². The number of likely N-dealkylation sites (tertiary alicyclic amines) is 1. The van der Waals surface area contributed by atoms with Crippen molar-refractivity contribution in [2.75, 3.05) is 13.1 Å². The summed E-state index contributed by atoms with van der Waals surface area (Å²) in [5.41, 5.74) is 1.23. The van der Waals surface area contributed by atoms with Gasteiger partial charge in [0.25, 0.3) is 0 Å². The lowest BCUT2D eigenvalue weighted by atomic mass is 10.0. The Morgan fingerprint density at radius 2 is 2.26 bits per heavy atom. The van der Waals surface area contributed by atoms with Crippen LogP contribution in [0.2, 0.25) is 0 Å². The molecule has 1 N–H and O–H groups in total. The standard InChI is InChI=1S/C15H25N3S/c1-12-4-2-3-8-18(12)9-7-15-17-14(11-19-15)10-16-13-5-6-13/h11-13,16H,2-10H2,1H3. The molecule has 1 atom stereocenters. The van der Waals surface area contributed by atoms with Gasteiger partial charge in [-0.05, 0) is 39.2 Å². The molecule has 2 heterocycles. The molecule has 4 heteroatoms. The number of nitrogens with zero attached hydrogens (tertiary/aromatic N) is 2. The molecule has 0 spiro atoms. The van der Waals surface area contributed by atoms with Crippen LogP contribution in [0.1, 0.15) is 49.7 Å². The van der Waals surface area contributed by atoms with E-state index in [1.807, 2.05) is 11.3 Å². The van der Waals surface area contributed by atoms with E-state index in [4.69, 9.17) is 4.98 Å². The Balaban J connectivity index is 1.43. The molecule has 1 saturated carbocycles. The predicted molar refractivity (Wildman–Crippen MR) is 80.6 cm³/mol. The van der Waals surface area contributed by atoms with E-state index >= 15 is 0 Å². The lowest BCUT2D eigenvalue weighted by molar-refractivity contribution is 0.163. The van der Waals surface area contributed by atoms with Crippen LogP contribution in [0, 0.1) is 0 Å². The fourth-order valence-electron chi connectivity index (χ4n) is 2.81. The normalized spacial score (nSPS) is 24.8. The molecule has 0 bridgehead atoms. The van der Waals surface area contributed by atoms with Gasteiger partial charge < -0.3 is 10.2 Å². The molecule has 1 saturated heterocycles. The third-order valence-electron chi connectivity index (χ3n) is 4.30. The van der Waals surface area contributed by atoms with Crippen LogP contribution in [0.4, 0.5) is 0 Å². The van der Waals surface area contributed by atoms with E-state index in [1.165, 1.54) is 55.9 Å². The fourth-order valence-corrected chi connectivity index (χ4v) is 3.60. The molecule has 2 aliphatic rings. The van der Waals surface area contributed by atoms with Gasteiger partial charge >= 0.3 is 0 Å². The van der Waals surface area contributed by atoms with Crippen molar-refractivity contribution in [2.45, 2.75) is 64.1 Å². The Morgan fingerprint density at radius 1 is 1.37 bits per heavy atom. The Labute approximate surface area is 120 Å². The summed E-state index contributed by atoms with van der Waals surface area (Å²) in [5.74, 6) is 0. The van der Waals surface area contributed by atoms with Crippen molar-refractivity contribution in [3.05, 3.63) is 16.1 Å². The zero-order valence-electron chi connectivity index (χ0n) is 11.9. The zero-order chi connectivity index (χ0) is 13.1. The highest BCUT2D eigenvalue weighted by Gasteiger charge is 2.21. The van der Waals surface area contributed by atoms with Gasteiger partial charge in [0, 0.05) is 37.0 Å². The van der Waals surface area contributed by atoms with Crippen molar-refractivity contribution in [1.82, 2.24) is 15.2 Å². The molecule has 1 aliphatic heterocycles. The second-order valence-corrected chi connectivity index (χ2v) is 6.96. The highest BCUT2D eigenvalue weighted by Crippen LogP contribution is 2.20. The van der Waals surface area contributed by atoms with Crippen LogP contribution in [-0.2, 0) is 13.0 Å². The van der Waals surface area contributed by atoms with Gasteiger partial charge in [-0.15, -0.1) is 11.3 Å². The topological polar surface area (TPSA) is 28.2 Å². The number of piperidine rings is 1. The minimum absolute atomic E-state index is 0.768. The molecular weight excluding hydrogens is 254 g/mol. The second-order valence-electron chi connectivity index (χ2n) is 6.02. The summed E-state index contributed by atoms with van der Waals surface area (Å²) < 4.78 is 0. The Kier molecular flexibility index (Phi) is 4.51. The van der Waals surface area contributed by atoms with Gasteiger partial charge in [-0.3, -0.25) is 0 Å². The molecule has 1 unspecified atom stereocenters. The smallest absolute Gasteiger partial charge is 0.0941 e. The van der Waals surface area contributed by atoms with E-state index in [-0.39, 0.29) is 0 Å². The van der Waals surface area contributed by atoms with Crippen LogP contribution in [0.3, 0.4) is 0 Å². The largest absolute Gasteiger partial charge is 0.308 e. The van der Waals surface area contributed by atoms with Crippen molar-refractivity contribution >= 4 is 11.3 Å². The molecular formula is C15H25N3S. The van der Waals surface area contributed by atoms with E-state index in [0.717, 1.165) is 25.0 Å². The minimum atomic E-state index is 0.768. The Morgan fingerprint density at radius 3 is 3.05 bits per heavy atom. The Hall–Kier alpha value is -0.450. The molecule has 0 aromatic carbocycles. The summed E-state index contributed by atoms with van der Waals surface area (Å²) in [7, 11) is 0. The molecule has 1 aliphatic carbocycles. The number of rotatable bonds is 6. The number of nitrogens with one attached hydrogen (secondary N) is 1. The molecule has 2 fully saturated rings. The molecule has 1 aromatic rings. The lowest BCUT2D eigenvalue weighted by Crippen LogP contribution is -2.38. The van der Waals surface area contributed by atoms with Gasteiger partial charge in [-0.2, -0.15) is 0 Å². The van der Waals surface area contributed by atoms with Gasteiger partial charge in [0.05, 0.1) is 10.7 Å². The average Bonchev–Trinajstić information content (AvgIpc) is 3.14.